The van der Waals surface area contributed by atoms with Crippen molar-refractivity contribution in [3.05, 3.63) is 29.8 Å². The highest BCUT2D eigenvalue weighted by Crippen LogP contribution is 2.20. The van der Waals surface area contributed by atoms with E-state index in [1.54, 1.807) is 0 Å². The van der Waals surface area contributed by atoms with E-state index in [9.17, 15) is 4.79 Å². The van der Waals surface area contributed by atoms with Crippen molar-refractivity contribution in [2.45, 2.75) is 40.0 Å². The van der Waals surface area contributed by atoms with E-state index in [0.717, 1.165) is 30.6 Å². The molecule has 2 nitrogen and oxygen atoms in total. The van der Waals surface area contributed by atoms with Crippen LogP contribution in [0.15, 0.2) is 24.3 Å². The molecule has 0 saturated carbocycles. The van der Waals surface area contributed by atoms with Crippen LogP contribution >= 0.6 is 0 Å². The molecule has 2 heteroatoms. The summed E-state index contributed by atoms with van der Waals surface area (Å²) in [5.74, 6) is 0.235. The van der Waals surface area contributed by atoms with Crippen LogP contribution in [0.3, 0.4) is 0 Å². The first-order valence-corrected chi connectivity index (χ1v) is 6.06. The third-order valence-corrected chi connectivity index (χ3v) is 2.77. The van der Waals surface area contributed by atoms with Gasteiger partial charge in [-0.15, -0.1) is 0 Å². The van der Waals surface area contributed by atoms with Crippen molar-refractivity contribution in [3.63, 3.8) is 0 Å². The Morgan fingerprint density at radius 2 is 1.94 bits per heavy atom. The number of nitrogens with zero attached hydrogens (tertiary/aromatic N) is 1. The minimum absolute atomic E-state index is 0.235. The van der Waals surface area contributed by atoms with E-state index in [-0.39, 0.29) is 5.91 Å². The lowest BCUT2D eigenvalue weighted by atomic mass is 10.1. The Bertz CT molecular complexity index is 346. The molecule has 1 rings (SSSR count). The summed E-state index contributed by atoms with van der Waals surface area (Å²) in [4.78, 5) is 13.9. The number of unbranched alkanes of at least 4 members (excludes halogenated alkanes) is 1. The summed E-state index contributed by atoms with van der Waals surface area (Å²) in [7, 11) is 0. The molecule has 0 heterocycles. The highest BCUT2D eigenvalue weighted by molar-refractivity contribution is 5.93. The summed E-state index contributed by atoms with van der Waals surface area (Å²) in [6.45, 7) is 6.92. The van der Waals surface area contributed by atoms with E-state index in [2.05, 4.69) is 6.92 Å². The van der Waals surface area contributed by atoms with Gasteiger partial charge in [0.05, 0.1) is 0 Å². The van der Waals surface area contributed by atoms with Crippen molar-refractivity contribution >= 4 is 11.6 Å². The Labute approximate surface area is 98.3 Å². The van der Waals surface area contributed by atoms with Crippen molar-refractivity contribution < 1.29 is 4.79 Å². The number of rotatable bonds is 5. The van der Waals surface area contributed by atoms with Gasteiger partial charge in [-0.2, -0.15) is 0 Å². The zero-order chi connectivity index (χ0) is 12.0. The summed E-state index contributed by atoms with van der Waals surface area (Å²) in [5.41, 5.74) is 2.21. The third-order valence-electron chi connectivity index (χ3n) is 2.77. The lowest BCUT2D eigenvalue weighted by Gasteiger charge is -2.22. The van der Waals surface area contributed by atoms with Crippen molar-refractivity contribution in [1.82, 2.24) is 0 Å². The Kier molecular flexibility index (Phi) is 5.03. The molecule has 0 fully saturated rings. The van der Waals surface area contributed by atoms with Gasteiger partial charge in [0.25, 0.3) is 0 Å². The maximum absolute atomic E-state index is 12.0. The predicted octanol–water partition coefficient (Wildman–Crippen LogP) is 3.54. The van der Waals surface area contributed by atoms with E-state index < -0.39 is 0 Å². The van der Waals surface area contributed by atoms with E-state index in [4.69, 9.17) is 0 Å². The average Bonchev–Trinajstić information content (AvgIpc) is 2.30. The summed E-state index contributed by atoms with van der Waals surface area (Å²) in [6.07, 6.45) is 2.69. The van der Waals surface area contributed by atoms with Crippen molar-refractivity contribution in [2.75, 3.05) is 11.4 Å². The standard InChI is InChI=1S/C14H21NO/c1-4-6-11-14(16)15(5-2)13-10-8-7-9-12(13)3/h7-10H,4-6,11H2,1-3H3. The molecular weight excluding hydrogens is 198 g/mol. The molecule has 0 aliphatic heterocycles. The van der Waals surface area contributed by atoms with Gasteiger partial charge in [-0.3, -0.25) is 4.79 Å². The highest BCUT2D eigenvalue weighted by Gasteiger charge is 2.14. The molecule has 1 amide bonds. The number of benzene rings is 1. The molecule has 1 aromatic rings. The van der Waals surface area contributed by atoms with E-state index in [1.165, 1.54) is 0 Å². The maximum atomic E-state index is 12.0. The summed E-state index contributed by atoms with van der Waals surface area (Å²) >= 11 is 0. The summed E-state index contributed by atoms with van der Waals surface area (Å²) < 4.78 is 0. The zero-order valence-corrected chi connectivity index (χ0v) is 10.5. The first-order valence-electron chi connectivity index (χ1n) is 6.06. The number of carbonyl (C=O) groups excluding carboxylic acids is 1. The van der Waals surface area contributed by atoms with Crippen LogP contribution in [0.2, 0.25) is 0 Å². The van der Waals surface area contributed by atoms with Gasteiger partial charge < -0.3 is 4.90 Å². The molecule has 0 bridgehead atoms. The van der Waals surface area contributed by atoms with Crippen molar-refractivity contribution in [3.8, 4) is 0 Å². The van der Waals surface area contributed by atoms with Gasteiger partial charge in [0, 0.05) is 18.7 Å². The number of amides is 1. The van der Waals surface area contributed by atoms with Gasteiger partial charge in [0.2, 0.25) is 5.91 Å². The summed E-state index contributed by atoms with van der Waals surface area (Å²) in [5, 5.41) is 0. The van der Waals surface area contributed by atoms with Crippen LogP contribution < -0.4 is 4.90 Å². The van der Waals surface area contributed by atoms with Crippen LogP contribution in [0, 0.1) is 6.92 Å². The molecule has 0 radical (unpaired) electrons. The van der Waals surface area contributed by atoms with Crippen LogP contribution in [0.1, 0.15) is 38.7 Å². The van der Waals surface area contributed by atoms with Crippen LogP contribution in [0.4, 0.5) is 5.69 Å². The van der Waals surface area contributed by atoms with Gasteiger partial charge in [-0.25, -0.2) is 0 Å². The highest BCUT2D eigenvalue weighted by atomic mass is 16.2. The molecule has 0 aromatic heterocycles. The monoisotopic (exact) mass is 219 g/mol. The lowest BCUT2D eigenvalue weighted by molar-refractivity contribution is -0.118. The topological polar surface area (TPSA) is 20.3 Å². The molecule has 1 aromatic carbocycles. The van der Waals surface area contributed by atoms with E-state index in [0.29, 0.717) is 6.42 Å². The fourth-order valence-corrected chi connectivity index (χ4v) is 1.81. The van der Waals surface area contributed by atoms with Crippen LogP contribution in [0.5, 0.6) is 0 Å². The maximum Gasteiger partial charge on any atom is 0.226 e. The smallest absolute Gasteiger partial charge is 0.226 e. The molecule has 0 aliphatic rings. The molecule has 0 aliphatic carbocycles. The zero-order valence-electron chi connectivity index (χ0n) is 10.5. The molecule has 0 atom stereocenters. The van der Waals surface area contributed by atoms with Gasteiger partial charge in [-0.1, -0.05) is 31.5 Å². The normalized spacial score (nSPS) is 10.2. The minimum atomic E-state index is 0.235. The van der Waals surface area contributed by atoms with Crippen LogP contribution in [0.25, 0.3) is 0 Å². The van der Waals surface area contributed by atoms with Crippen molar-refractivity contribution in [1.29, 1.82) is 0 Å². The second-order valence-electron chi connectivity index (χ2n) is 4.03. The quantitative estimate of drug-likeness (QED) is 0.741. The van der Waals surface area contributed by atoms with Crippen molar-refractivity contribution in [2.24, 2.45) is 0 Å². The first kappa shape index (κ1) is 12.8. The van der Waals surface area contributed by atoms with Crippen LogP contribution in [-0.4, -0.2) is 12.5 Å². The van der Waals surface area contributed by atoms with Gasteiger partial charge >= 0.3 is 0 Å². The second kappa shape index (κ2) is 6.31. The van der Waals surface area contributed by atoms with E-state index >= 15 is 0 Å². The number of para-hydroxylation sites is 1. The fraction of sp³-hybridized carbons (Fsp3) is 0.500. The van der Waals surface area contributed by atoms with Gasteiger partial charge in [0.1, 0.15) is 0 Å². The molecule has 88 valence electrons. The lowest BCUT2D eigenvalue weighted by Crippen LogP contribution is -2.30. The minimum Gasteiger partial charge on any atom is -0.312 e. The first-order chi connectivity index (χ1) is 7.70. The second-order valence-corrected chi connectivity index (χ2v) is 4.03. The molecule has 16 heavy (non-hydrogen) atoms. The van der Waals surface area contributed by atoms with E-state index in [1.807, 2.05) is 43.0 Å². The number of hydrogen-bond donors (Lipinski definition) is 0. The molecule has 0 unspecified atom stereocenters. The number of carbonyl (C=O) groups is 1. The number of anilines is 1. The molecular formula is C14H21NO. The molecule has 0 N–H and O–H groups in total. The Morgan fingerprint density at radius 3 is 2.50 bits per heavy atom. The van der Waals surface area contributed by atoms with Gasteiger partial charge in [0.15, 0.2) is 0 Å². The molecule has 0 saturated heterocycles. The predicted molar refractivity (Wildman–Crippen MR) is 68.7 cm³/mol. The van der Waals surface area contributed by atoms with Crippen LogP contribution in [-0.2, 0) is 4.79 Å². The third kappa shape index (κ3) is 3.09. The number of hydrogen-bond acceptors (Lipinski definition) is 1. The summed E-state index contributed by atoms with van der Waals surface area (Å²) in [6, 6.07) is 8.05. The Hall–Kier alpha value is -1.31. The largest absolute Gasteiger partial charge is 0.312 e. The Balaban J connectivity index is 2.82. The SMILES string of the molecule is CCCCC(=O)N(CC)c1ccccc1C. The van der Waals surface area contributed by atoms with Gasteiger partial charge in [-0.05, 0) is 31.9 Å². The number of aryl methyl sites for hydroxylation is 1. The fourth-order valence-electron chi connectivity index (χ4n) is 1.81. The Morgan fingerprint density at radius 1 is 1.25 bits per heavy atom. The average molecular weight is 219 g/mol. The molecule has 0 spiro atoms.